The lowest BCUT2D eigenvalue weighted by atomic mass is 10.1. The molecule has 1 aliphatic heterocycles. The van der Waals surface area contributed by atoms with E-state index in [4.69, 9.17) is 0 Å². The summed E-state index contributed by atoms with van der Waals surface area (Å²) in [5, 5.41) is 1.05. The van der Waals surface area contributed by atoms with E-state index >= 15 is 0 Å². The molecule has 3 rings (SSSR count). The van der Waals surface area contributed by atoms with Crippen LogP contribution >= 0.6 is 11.3 Å². The standard InChI is InChI=1S/C20H27N3OS/c1-14(19-15(2)25-16(3)21-19)22(4)20(24)18-9-7-17(8-10-18)13-23-11-5-6-12-23/h7-10,14H,5-6,11-13H2,1-4H3. The number of benzene rings is 1. The molecule has 4 nitrogen and oxygen atoms in total. The van der Waals surface area contributed by atoms with Crippen molar-refractivity contribution in [1.29, 1.82) is 0 Å². The molecule has 0 radical (unpaired) electrons. The van der Waals surface area contributed by atoms with E-state index in [1.165, 1.54) is 36.4 Å². The Bertz CT molecular complexity index is 732. The lowest BCUT2D eigenvalue weighted by Crippen LogP contribution is -2.30. The van der Waals surface area contributed by atoms with Gasteiger partial charge in [0.15, 0.2) is 0 Å². The average molecular weight is 358 g/mol. The molecule has 1 aromatic carbocycles. The van der Waals surface area contributed by atoms with Crippen LogP contribution in [-0.4, -0.2) is 40.8 Å². The maximum atomic E-state index is 12.8. The number of hydrogen-bond acceptors (Lipinski definition) is 4. The normalized spacial score (nSPS) is 16.2. The summed E-state index contributed by atoms with van der Waals surface area (Å²) < 4.78 is 0. The van der Waals surface area contributed by atoms with Gasteiger partial charge >= 0.3 is 0 Å². The predicted molar refractivity (Wildman–Crippen MR) is 103 cm³/mol. The first-order valence-electron chi connectivity index (χ1n) is 8.98. The summed E-state index contributed by atoms with van der Waals surface area (Å²) >= 11 is 1.69. The lowest BCUT2D eigenvalue weighted by Gasteiger charge is -2.24. The van der Waals surface area contributed by atoms with Crippen LogP contribution in [0.2, 0.25) is 0 Å². The summed E-state index contributed by atoms with van der Waals surface area (Å²) in [6, 6.07) is 8.05. The Kier molecular flexibility index (Phi) is 5.54. The third-order valence-electron chi connectivity index (χ3n) is 5.04. The van der Waals surface area contributed by atoms with E-state index < -0.39 is 0 Å². The minimum Gasteiger partial charge on any atom is -0.333 e. The molecule has 0 spiro atoms. The second-order valence-corrected chi connectivity index (χ2v) is 8.35. The third kappa shape index (κ3) is 4.10. The second-order valence-electron chi connectivity index (χ2n) is 6.95. The van der Waals surface area contributed by atoms with Gasteiger partial charge < -0.3 is 4.90 Å². The summed E-state index contributed by atoms with van der Waals surface area (Å²) in [4.78, 5) is 22.9. The SMILES string of the molecule is Cc1nc(C(C)N(C)C(=O)c2ccc(CN3CCCC3)cc2)c(C)s1. The molecule has 1 aromatic heterocycles. The lowest BCUT2D eigenvalue weighted by molar-refractivity contribution is 0.0739. The van der Waals surface area contributed by atoms with E-state index in [2.05, 4.69) is 28.9 Å². The molecular weight excluding hydrogens is 330 g/mol. The molecule has 0 N–H and O–H groups in total. The number of likely N-dealkylation sites (tertiary alicyclic amines) is 1. The maximum absolute atomic E-state index is 12.8. The zero-order valence-corrected chi connectivity index (χ0v) is 16.4. The molecule has 1 amide bonds. The van der Waals surface area contributed by atoms with E-state index in [1.807, 2.05) is 33.0 Å². The van der Waals surface area contributed by atoms with Gasteiger partial charge in [-0.3, -0.25) is 9.69 Å². The van der Waals surface area contributed by atoms with Crippen LogP contribution in [0.3, 0.4) is 0 Å². The molecule has 1 fully saturated rings. The highest BCUT2D eigenvalue weighted by atomic mass is 32.1. The van der Waals surface area contributed by atoms with Crippen LogP contribution in [0.4, 0.5) is 0 Å². The molecule has 1 aliphatic rings. The fraction of sp³-hybridized carbons (Fsp3) is 0.500. The topological polar surface area (TPSA) is 36.4 Å². The number of amides is 1. The molecule has 5 heteroatoms. The molecular formula is C20H27N3OS. The molecule has 0 aliphatic carbocycles. The van der Waals surface area contributed by atoms with Crippen molar-refractivity contribution in [2.45, 2.75) is 46.2 Å². The quantitative estimate of drug-likeness (QED) is 0.805. The van der Waals surface area contributed by atoms with Crippen molar-refractivity contribution in [3.8, 4) is 0 Å². The van der Waals surface area contributed by atoms with Crippen molar-refractivity contribution < 1.29 is 4.79 Å². The fourth-order valence-electron chi connectivity index (χ4n) is 3.45. The molecule has 1 atom stereocenters. The van der Waals surface area contributed by atoms with E-state index in [-0.39, 0.29) is 11.9 Å². The summed E-state index contributed by atoms with van der Waals surface area (Å²) in [6.45, 7) is 9.48. The average Bonchev–Trinajstić information content (AvgIpc) is 3.22. The van der Waals surface area contributed by atoms with Gasteiger partial charge in [0.25, 0.3) is 5.91 Å². The Morgan fingerprint density at radius 1 is 1.24 bits per heavy atom. The van der Waals surface area contributed by atoms with Crippen LogP contribution in [0.1, 0.15) is 57.3 Å². The van der Waals surface area contributed by atoms with E-state index in [1.54, 1.807) is 16.2 Å². The first-order valence-corrected chi connectivity index (χ1v) is 9.79. The number of nitrogens with zero attached hydrogens (tertiary/aromatic N) is 3. The van der Waals surface area contributed by atoms with Gasteiger partial charge in [0.2, 0.25) is 0 Å². The van der Waals surface area contributed by atoms with Gasteiger partial charge in [-0.25, -0.2) is 4.98 Å². The summed E-state index contributed by atoms with van der Waals surface area (Å²) in [5.41, 5.74) is 3.02. The third-order valence-corrected chi connectivity index (χ3v) is 5.94. The Balaban J connectivity index is 1.68. The zero-order valence-electron chi connectivity index (χ0n) is 15.6. The van der Waals surface area contributed by atoms with Gasteiger partial charge in [0, 0.05) is 24.0 Å². The van der Waals surface area contributed by atoms with Crippen LogP contribution in [0, 0.1) is 13.8 Å². The number of rotatable bonds is 5. The molecule has 0 saturated carbocycles. The van der Waals surface area contributed by atoms with Gasteiger partial charge in [-0.15, -0.1) is 11.3 Å². The predicted octanol–water partition coefficient (Wildman–Crippen LogP) is 4.19. The molecule has 1 unspecified atom stereocenters. The van der Waals surface area contributed by atoms with Crippen molar-refractivity contribution in [3.63, 3.8) is 0 Å². The smallest absolute Gasteiger partial charge is 0.254 e. The van der Waals surface area contributed by atoms with Crippen LogP contribution in [0.5, 0.6) is 0 Å². The maximum Gasteiger partial charge on any atom is 0.254 e. The van der Waals surface area contributed by atoms with Gasteiger partial charge in [0.1, 0.15) is 0 Å². The molecule has 25 heavy (non-hydrogen) atoms. The summed E-state index contributed by atoms with van der Waals surface area (Å²) in [6.07, 6.45) is 2.60. The number of carbonyl (C=O) groups is 1. The van der Waals surface area contributed by atoms with Crippen molar-refractivity contribution in [2.75, 3.05) is 20.1 Å². The Labute approximate surface area is 154 Å². The summed E-state index contributed by atoms with van der Waals surface area (Å²) in [5.74, 6) is 0.0466. The summed E-state index contributed by atoms with van der Waals surface area (Å²) in [7, 11) is 1.86. The highest BCUT2D eigenvalue weighted by Crippen LogP contribution is 2.27. The first-order chi connectivity index (χ1) is 12.0. The Morgan fingerprint density at radius 2 is 1.88 bits per heavy atom. The van der Waals surface area contributed by atoms with Gasteiger partial charge in [0.05, 0.1) is 16.7 Å². The van der Waals surface area contributed by atoms with Crippen LogP contribution < -0.4 is 0 Å². The van der Waals surface area contributed by atoms with Gasteiger partial charge in [-0.2, -0.15) is 0 Å². The molecule has 2 heterocycles. The second kappa shape index (κ2) is 7.67. The highest BCUT2D eigenvalue weighted by molar-refractivity contribution is 7.11. The van der Waals surface area contributed by atoms with Crippen molar-refractivity contribution in [2.24, 2.45) is 0 Å². The number of aryl methyl sites for hydroxylation is 2. The number of hydrogen-bond donors (Lipinski definition) is 0. The largest absolute Gasteiger partial charge is 0.333 e. The molecule has 2 aromatic rings. The monoisotopic (exact) mass is 357 g/mol. The minimum absolute atomic E-state index is 0.0262. The van der Waals surface area contributed by atoms with Gasteiger partial charge in [-0.05, 0) is 64.4 Å². The Hall–Kier alpha value is -1.72. The molecule has 0 bridgehead atoms. The molecule has 1 saturated heterocycles. The van der Waals surface area contributed by atoms with E-state index in [0.717, 1.165) is 22.8 Å². The van der Waals surface area contributed by atoms with Crippen molar-refractivity contribution >= 4 is 17.2 Å². The Morgan fingerprint density at radius 3 is 2.44 bits per heavy atom. The van der Waals surface area contributed by atoms with Crippen molar-refractivity contribution in [3.05, 3.63) is 51.0 Å². The molecule has 134 valence electrons. The number of carbonyl (C=O) groups excluding carboxylic acids is 1. The zero-order chi connectivity index (χ0) is 18.0. The van der Waals surface area contributed by atoms with Crippen LogP contribution in [0.25, 0.3) is 0 Å². The fourth-order valence-corrected chi connectivity index (χ4v) is 4.36. The minimum atomic E-state index is -0.0262. The van der Waals surface area contributed by atoms with Gasteiger partial charge in [-0.1, -0.05) is 12.1 Å². The number of aromatic nitrogens is 1. The van der Waals surface area contributed by atoms with Crippen LogP contribution in [-0.2, 0) is 6.54 Å². The highest BCUT2D eigenvalue weighted by Gasteiger charge is 2.22. The first kappa shape index (κ1) is 18.1. The number of thiazole rings is 1. The van der Waals surface area contributed by atoms with E-state index in [0.29, 0.717) is 0 Å². The van der Waals surface area contributed by atoms with Crippen LogP contribution in [0.15, 0.2) is 24.3 Å². The van der Waals surface area contributed by atoms with Crippen molar-refractivity contribution in [1.82, 2.24) is 14.8 Å². The van der Waals surface area contributed by atoms with E-state index in [9.17, 15) is 4.79 Å².